The fourth-order valence-corrected chi connectivity index (χ4v) is 3.10. The van der Waals surface area contributed by atoms with E-state index in [4.69, 9.17) is 9.47 Å². The molecule has 0 saturated carbocycles. The highest BCUT2D eigenvalue weighted by Crippen LogP contribution is 2.33. The Morgan fingerprint density at radius 1 is 1.23 bits per heavy atom. The summed E-state index contributed by atoms with van der Waals surface area (Å²) in [5.41, 5.74) is 1.41. The molecule has 7 nitrogen and oxygen atoms in total. The maximum Gasteiger partial charge on any atom is 0.265 e. The van der Waals surface area contributed by atoms with Crippen molar-refractivity contribution in [3.05, 3.63) is 53.3 Å². The molecule has 164 valence electrons. The van der Waals surface area contributed by atoms with Crippen molar-refractivity contribution in [2.45, 2.75) is 26.7 Å². The Morgan fingerprint density at radius 3 is 2.81 bits per heavy atom. The van der Waals surface area contributed by atoms with Crippen LogP contribution in [0.4, 0.5) is 10.1 Å². The van der Waals surface area contributed by atoms with E-state index in [0.29, 0.717) is 18.0 Å². The minimum atomic E-state index is -0.553. The zero-order valence-electron chi connectivity index (χ0n) is 17.6. The zero-order valence-corrected chi connectivity index (χ0v) is 17.6. The first kappa shape index (κ1) is 22.3. The molecule has 0 saturated heterocycles. The molecule has 0 aromatic heterocycles. The van der Waals surface area contributed by atoms with E-state index in [1.165, 1.54) is 23.1 Å². The van der Waals surface area contributed by atoms with E-state index in [1.54, 1.807) is 25.1 Å². The molecule has 3 rings (SSSR count). The zero-order chi connectivity index (χ0) is 22.4. The molecule has 0 spiro atoms. The Bertz CT molecular complexity index is 992. The van der Waals surface area contributed by atoms with Crippen molar-refractivity contribution in [2.24, 2.45) is 0 Å². The highest BCUT2D eigenvalue weighted by Gasteiger charge is 2.28. The topological polar surface area (TPSA) is 84.9 Å². The van der Waals surface area contributed by atoms with Crippen LogP contribution in [0.15, 0.2) is 36.4 Å². The minimum absolute atomic E-state index is 0.00445. The van der Waals surface area contributed by atoms with Gasteiger partial charge in [0.25, 0.3) is 5.91 Å². The number of halogens is 1. The lowest BCUT2D eigenvalue weighted by Gasteiger charge is -2.29. The Labute approximate surface area is 180 Å². The Hall–Kier alpha value is -3.42. The van der Waals surface area contributed by atoms with Gasteiger partial charge in [-0.1, -0.05) is 19.4 Å². The molecule has 1 heterocycles. The molecule has 2 aromatic carbocycles. The van der Waals surface area contributed by atoms with E-state index in [0.717, 1.165) is 18.4 Å². The third-order valence-electron chi connectivity index (χ3n) is 4.82. The summed E-state index contributed by atoms with van der Waals surface area (Å²) in [6, 6.07) is 9.01. The first-order valence-electron chi connectivity index (χ1n) is 10.1. The fraction of sp³-hybridized carbons (Fsp3) is 0.348. The lowest BCUT2D eigenvalue weighted by atomic mass is 10.1. The number of nitrogens with one attached hydrogen (secondary N) is 1. The summed E-state index contributed by atoms with van der Waals surface area (Å²) >= 11 is 0. The standard InChI is InChI=1S/C23H25FN2O5/c1-3-4-9-25-22(28)12-26-18-11-16(6-8-20(18)31-14-23(26)29)19(27)13-30-21-10-15(2)5-7-17(21)24/h5-8,10-11H,3-4,9,12-14H2,1-2H3,(H,25,28). The van der Waals surface area contributed by atoms with Crippen molar-refractivity contribution in [3.8, 4) is 11.5 Å². The quantitative estimate of drug-likeness (QED) is 0.490. The van der Waals surface area contributed by atoms with Gasteiger partial charge in [-0.2, -0.15) is 0 Å². The molecule has 1 aliphatic heterocycles. The van der Waals surface area contributed by atoms with Gasteiger partial charge in [-0.25, -0.2) is 4.39 Å². The second-order valence-corrected chi connectivity index (χ2v) is 7.30. The molecule has 0 radical (unpaired) electrons. The number of amides is 2. The van der Waals surface area contributed by atoms with Crippen molar-refractivity contribution in [1.82, 2.24) is 5.32 Å². The normalized spacial score (nSPS) is 12.7. The third kappa shape index (κ3) is 5.59. The van der Waals surface area contributed by atoms with Gasteiger partial charge in [0, 0.05) is 12.1 Å². The first-order chi connectivity index (χ1) is 14.9. The van der Waals surface area contributed by atoms with Gasteiger partial charge in [-0.3, -0.25) is 19.3 Å². The number of unbranched alkanes of at least 4 members (excludes halogenated alkanes) is 1. The lowest BCUT2D eigenvalue weighted by molar-refractivity contribution is -0.125. The third-order valence-corrected chi connectivity index (χ3v) is 4.82. The summed E-state index contributed by atoms with van der Waals surface area (Å²) in [6.07, 6.45) is 1.79. The number of rotatable bonds is 9. The van der Waals surface area contributed by atoms with Crippen LogP contribution in [0.5, 0.6) is 11.5 Å². The Kier molecular flexibility index (Phi) is 7.23. The van der Waals surface area contributed by atoms with E-state index in [2.05, 4.69) is 5.32 Å². The van der Waals surface area contributed by atoms with Crippen molar-refractivity contribution in [3.63, 3.8) is 0 Å². The highest BCUT2D eigenvalue weighted by molar-refractivity contribution is 6.04. The molecule has 31 heavy (non-hydrogen) atoms. The molecule has 0 fully saturated rings. The van der Waals surface area contributed by atoms with Crippen LogP contribution >= 0.6 is 0 Å². The molecule has 2 aromatic rings. The second kappa shape index (κ2) is 10.1. The predicted molar refractivity (Wildman–Crippen MR) is 113 cm³/mol. The number of nitrogens with zero attached hydrogens (tertiary/aromatic N) is 1. The van der Waals surface area contributed by atoms with Crippen molar-refractivity contribution >= 4 is 23.3 Å². The average Bonchev–Trinajstić information content (AvgIpc) is 2.76. The summed E-state index contributed by atoms with van der Waals surface area (Å²) in [5.74, 6) is -1.21. The lowest BCUT2D eigenvalue weighted by Crippen LogP contribution is -2.45. The van der Waals surface area contributed by atoms with Gasteiger partial charge >= 0.3 is 0 Å². The number of anilines is 1. The van der Waals surface area contributed by atoms with E-state index in [-0.39, 0.29) is 42.9 Å². The van der Waals surface area contributed by atoms with Crippen LogP contribution in [-0.4, -0.2) is 43.9 Å². The largest absolute Gasteiger partial charge is 0.482 e. The van der Waals surface area contributed by atoms with Crippen molar-refractivity contribution < 1.29 is 28.2 Å². The van der Waals surface area contributed by atoms with Gasteiger partial charge in [-0.05, 0) is 49.2 Å². The molecule has 8 heteroatoms. The van der Waals surface area contributed by atoms with E-state index < -0.39 is 11.6 Å². The number of ketones is 1. The van der Waals surface area contributed by atoms with Gasteiger partial charge in [-0.15, -0.1) is 0 Å². The van der Waals surface area contributed by atoms with Crippen LogP contribution in [0.2, 0.25) is 0 Å². The number of fused-ring (bicyclic) bond motifs is 1. The number of benzene rings is 2. The Morgan fingerprint density at radius 2 is 2.03 bits per heavy atom. The highest BCUT2D eigenvalue weighted by atomic mass is 19.1. The maximum atomic E-state index is 13.8. The van der Waals surface area contributed by atoms with Gasteiger partial charge in [0.2, 0.25) is 5.91 Å². The van der Waals surface area contributed by atoms with Crippen LogP contribution in [-0.2, 0) is 9.59 Å². The number of hydrogen-bond donors (Lipinski definition) is 1. The van der Waals surface area contributed by atoms with Crippen molar-refractivity contribution in [2.75, 3.05) is 31.2 Å². The van der Waals surface area contributed by atoms with Crippen LogP contribution in [0.1, 0.15) is 35.7 Å². The second-order valence-electron chi connectivity index (χ2n) is 7.30. The molecule has 2 amide bonds. The molecule has 0 unspecified atom stereocenters. The fourth-order valence-electron chi connectivity index (χ4n) is 3.10. The average molecular weight is 428 g/mol. The summed E-state index contributed by atoms with van der Waals surface area (Å²) in [4.78, 5) is 38.5. The minimum Gasteiger partial charge on any atom is -0.482 e. The van der Waals surface area contributed by atoms with Crippen LogP contribution < -0.4 is 19.7 Å². The van der Waals surface area contributed by atoms with Gasteiger partial charge in [0.05, 0.1) is 5.69 Å². The molecule has 0 bridgehead atoms. The molecule has 1 N–H and O–H groups in total. The molecular formula is C23H25FN2O5. The summed E-state index contributed by atoms with van der Waals surface area (Å²) in [5, 5.41) is 2.77. The van der Waals surface area contributed by atoms with Crippen LogP contribution in [0, 0.1) is 12.7 Å². The van der Waals surface area contributed by atoms with E-state index in [1.807, 2.05) is 6.92 Å². The van der Waals surface area contributed by atoms with Gasteiger partial charge < -0.3 is 14.8 Å². The van der Waals surface area contributed by atoms with Crippen molar-refractivity contribution in [1.29, 1.82) is 0 Å². The molecule has 0 aliphatic carbocycles. The number of ether oxygens (including phenoxy) is 2. The summed E-state index contributed by atoms with van der Waals surface area (Å²) < 4.78 is 24.6. The Balaban J connectivity index is 1.73. The SMILES string of the molecule is CCCCNC(=O)CN1C(=O)COc2ccc(C(=O)COc3cc(C)ccc3F)cc21. The number of carbonyl (C=O) groups is 3. The predicted octanol–water partition coefficient (Wildman–Crippen LogP) is 3.04. The van der Waals surface area contributed by atoms with E-state index in [9.17, 15) is 18.8 Å². The van der Waals surface area contributed by atoms with Gasteiger partial charge in [0.1, 0.15) is 12.3 Å². The van der Waals surface area contributed by atoms with E-state index >= 15 is 0 Å². The van der Waals surface area contributed by atoms with Crippen LogP contribution in [0.25, 0.3) is 0 Å². The number of hydrogen-bond acceptors (Lipinski definition) is 5. The molecular weight excluding hydrogens is 403 g/mol. The molecule has 0 atom stereocenters. The number of aryl methyl sites for hydroxylation is 1. The maximum absolute atomic E-state index is 13.8. The monoisotopic (exact) mass is 428 g/mol. The van der Waals surface area contributed by atoms with Crippen LogP contribution in [0.3, 0.4) is 0 Å². The van der Waals surface area contributed by atoms with Gasteiger partial charge in [0.15, 0.2) is 30.6 Å². The summed E-state index contributed by atoms with van der Waals surface area (Å²) in [6.45, 7) is 3.63. The first-order valence-corrected chi connectivity index (χ1v) is 10.1. The summed E-state index contributed by atoms with van der Waals surface area (Å²) in [7, 11) is 0. The number of carbonyl (C=O) groups excluding carboxylic acids is 3. The number of Topliss-reactive ketones (excluding diaryl/α,β-unsaturated/α-hetero) is 1. The smallest absolute Gasteiger partial charge is 0.265 e. The molecule has 1 aliphatic rings.